The molecule has 8 aromatic carbocycles. The molecule has 0 amide bonds. The molecule has 8 nitrogen and oxygen atoms in total. The van der Waals surface area contributed by atoms with Crippen molar-refractivity contribution >= 4 is 105 Å². The number of aromatic nitrogens is 6. The maximum atomic E-state index is 5.32. The van der Waals surface area contributed by atoms with Crippen LogP contribution in [0.4, 0.5) is 11.5 Å². The molecule has 6 heterocycles. The summed E-state index contributed by atoms with van der Waals surface area (Å²) in [7, 11) is 0. The van der Waals surface area contributed by atoms with E-state index in [0.717, 1.165) is 44.7 Å². The molecule has 0 fully saturated rings. The summed E-state index contributed by atoms with van der Waals surface area (Å²) >= 11 is 0. The molecule has 0 unspecified atom stereocenters. The Morgan fingerprint density at radius 1 is 0.403 bits per heavy atom. The highest BCUT2D eigenvalue weighted by Crippen LogP contribution is 2.43. The minimum atomic E-state index is 0.492. The molecule has 0 radical (unpaired) electrons. The van der Waals surface area contributed by atoms with Crippen LogP contribution in [0.15, 0.2) is 193 Å². The Hall–Kier alpha value is -8.49. The van der Waals surface area contributed by atoms with Crippen molar-refractivity contribution in [3.63, 3.8) is 0 Å². The lowest BCUT2D eigenvalue weighted by molar-refractivity contribution is 0.977. The minimum Gasteiger partial charge on any atom is -0.361 e. The van der Waals surface area contributed by atoms with Crippen molar-refractivity contribution in [3.05, 3.63) is 188 Å². The monoisotopic (exact) mass is 794 g/mol. The van der Waals surface area contributed by atoms with Crippen LogP contribution in [0.5, 0.6) is 0 Å². The van der Waals surface area contributed by atoms with Gasteiger partial charge in [-0.2, -0.15) is 4.98 Å². The molecular weight excluding hydrogens is 761 g/mol. The van der Waals surface area contributed by atoms with Gasteiger partial charge in [-0.15, -0.1) is 0 Å². The number of hydrogen-bond acceptors (Lipinski definition) is 4. The van der Waals surface area contributed by atoms with Gasteiger partial charge in [-0.25, -0.2) is 9.98 Å². The number of anilines is 1. The highest BCUT2D eigenvalue weighted by molar-refractivity contribution is 6.26. The minimum absolute atomic E-state index is 0.492. The summed E-state index contributed by atoms with van der Waals surface area (Å²) in [6.07, 6.45) is 1.86. The maximum absolute atomic E-state index is 5.32. The molecular formula is C54H34N8. The van der Waals surface area contributed by atoms with E-state index in [2.05, 4.69) is 206 Å². The Kier molecular flexibility index (Phi) is 6.73. The summed E-state index contributed by atoms with van der Waals surface area (Å²) < 4.78 is 9.29. The molecule has 13 aromatic rings. The van der Waals surface area contributed by atoms with Gasteiger partial charge < -0.3 is 14.5 Å². The van der Waals surface area contributed by atoms with Crippen molar-refractivity contribution in [2.24, 2.45) is 4.99 Å². The van der Waals surface area contributed by atoms with Crippen LogP contribution >= 0.6 is 0 Å². The number of fused-ring (bicyclic) bond motifs is 14. The zero-order chi connectivity index (χ0) is 40.5. The second-order valence-electron chi connectivity index (χ2n) is 16.1. The standard InChI is InChI=1S/C54H34N8/c1-3-15-33(16-4-1)59-43-23-11-8-20-36(43)40-30-49-41(29-48(40)59)37-21-9-13-25-45(37)61(49)50-32-55-53-42(57-50)31-56-54(58-53)62-46-26-14-10-22-39(46)51-47(62)28-27-38-35-19-7-12-24-44(35)60(52(38)51)34-17-5-2-6-18-34/h1-31H,32H2,(H,55,56,58). The number of rotatable bonds is 3. The summed E-state index contributed by atoms with van der Waals surface area (Å²) in [4.78, 5) is 15.6. The second-order valence-corrected chi connectivity index (χ2v) is 16.1. The second kappa shape index (κ2) is 12.5. The van der Waals surface area contributed by atoms with E-state index >= 15 is 0 Å². The molecule has 0 saturated heterocycles. The van der Waals surface area contributed by atoms with Crippen molar-refractivity contribution in [1.29, 1.82) is 0 Å². The summed E-state index contributed by atoms with van der Waals surface area (Å²) in [5.41, 5.74) is 12.0. The van der Waals surface area contributed by atoms with Crippen molar-refractivity contribution < 1.29 is 0 Å². The lowest BCUT2D eigenvalue weighted by Gasteiger charge is -2.19. The van der Waals surface area contributed by atoms with Crippen LogP contribution in [0.3, 0.4) is 0 Å². The third-order valence-electron chi connectivity index (χ3n) is 12.8. The van der Waals surface area contributed by atoms with Crippen LogP contribution in [0.25, 0.3) is 105 Å². The molecule has 1 aliphatic rings. The van der Waals surface area contributed by atoms with E-state index in [1.807, 2.05) is 6.20 Å². The smallest absolute Gasteiger partial charge is 0.236 e. The quantitative estimate of drug-likeness (QED) is 0.194. The Bertz CT molecular complexity index is 4030. The SMILES string of the molecule is c1ccc(-n2c3ccccc3c3cc4c(cc32)c2ccccc2n4C2=Nc3cnc(-n4c5ccccc5c5c4ccc4c6ccccc6n(-c6ccccc6)c45)nc3NC2)cc1. The molecule has 1 aliphatic heterocycles. The van der Waals surface area contributed by atoms with Crippen molar-refractivity contribution in [3.8, 4) is 17.3 Å². The van der Waals surface area contributed by atoms with E-state index in [1.165, 1.54) is 59.8 Å². The van der Waals surface area contributed by atoms with Gasteiger partial charge in [0, 0.05) is 54.5 Å². The van der Waals surface area contributed by atoms with E-state index in [0.29, 0.717) is 24.0 Å². The van der Waals surface area contributed by atoms with E-state index < -0.39 is 0 Å². The van der Waals surface area contributed by atoms with Gasteiger partial charge in [-0.3, -0.25) is 9.13 Å². The van der Waals surface area contributed by atoms with Gasteiger partial charge >= 0.3 is 0 Å². The molecule has 290 valence electrons. The molecule has 0 spiro atoms. The van der Waals surface area contributed by atoms with Gasteiger partial charge in [0.1, 0.15) is 11.5 Å². The summed E-state index contributed by atoms with van der Waals surface area (Å²) in [6, 6.07) is 65.0. The molecule has 0 atom stereocenters. The first kappa shape index (κ1) is 33.4. The van der Waals surface area contributed by atoms with Crippen LogP contribution in [0, 0.1) is 0 Å². The third kappa shape index (κ3) is 4.52. The number of para-hydroxylation sites is 6. The zero-order valence-electron chi connectivity index (χ0n) is 33.2. The first-order valence-electron chi connectivity index (χ1n) is 21.0. The molecule has 1 N–H and O–H groups in total. The summed E-state index contributed by atoms with van der Waals surface area (Å²) in [5, 5.41) is 13.2. The van der Waals surface area contributed by atoms with Gasteiger partial charge in [0.05, 0.1) is 56.9 Å². The molecule has 0 aliphatic carbocycles. The Morgan fingerprint density at radius 2 is 0.919 bits per heavy atom. The van der Waals surface area contributed by atoms with Crippen LogP contribution in [0.2, 0.25) is 0 Å². The van der Waals surface area contributed by atoms with Gasteiger partial charge in [0.15, 0.2) is 5.82 Å². The summed E-state index contributed by atoms with van der Waals surface area (Å²) in [5.74, 6) is 2.19. The molecule has 5 aromatic heterocycles. The number of nitrogens with one attached hydrogen (secondary N) is 1. The van der Waals surface area contributed by atoms with Crippen LogP contribution in [0.1, 0.15) is 0 Å². The van der Waals surface area contributed by atoms with Crippen LogP contribution in [-0.2, 0) is 0 Å². The lowest BCUT2D eigenvalue weighted by atomic mass is 10.1. The van der Waals surface area contributed by atoms with Gasteiger partial charge in [0.25, 0.3) is 0 Å². The number of benzene rings is 8. The van der Waals surface area contributed by atoms with Gasteiger partial charge in [-0.1, -0.05) is 115 Å². The highest BCUT2D eigenvalue weighted by Gasteiger charge is 2.25. The van der Waals surface area contributed by atoms with E-state index in [-0.39, 0.29) is 0 Å². The Balaban J connectivity index is 0.955. The fourth-order valence-electron chi connectivity index (χ4n) is 10.3. The fourth-order valence-corrected chi connectivity index (χ4v) is 10.3. The van der Waals surface area contributed by atoms with E-state index in [9.17, 15) is 0 Å². The first-order chi connectivity index (χ1) is 30.8. The largest absolute Gasteiger partial charge is 0.361 e. The highest BCUT2D eigenvalue weighted by atomic mass is 15.2. The molecule has 0 bridgehead atoms. The predicted molar refractivity (Wildman–Crippen MR) is 255 cm³/mol. The third-order valence-corrected chi connectivity index (χ3v) is 12.8. The Morgan fingerprint density at radius 3 is 1.58 bits per heavy atom. The summed E-state index contributed by atoms with van der Waals surface area (Å²) in [6.45, 7) is 0.492. The Labute approximate surface area is 353 Å². The zero-order valence-corrected chi connectivity index (χ0v) is 33.2. The molecule has 0 saturated carbocycles. The number of nitrogens with zero attached hydrogens (tertiary/aromatic N) is 7. The number of aliphatic imine (C=N–C) groups is 1. The number of hydrogen-bond donors (Lipinski definition) is 1. The average molecular weight is 795 g/mol. The van der Waals surface area contributed by atoms with Gasteiger partial charge in [-0.05, 0) is 66.7 Å². The normalized spacial score (nSPS) is 13.0. The fraction of sp³-hybridized carbons (Fsp3) is 0.0185. The maximum Gasteiger partial charge on any atom is 0.236 e. The van der Waals surface area contributed by atoms with Crippen molar-refractivity contribution in [2.75, 3.05) is 11.9 Å². The first-order valence-corrected chi connectivity index (χ1v) is 21.0. The van der Waals surface area contributed by atoms with Crippen molar-refractivity contribution in [2.45, 2.75) is 0 Å². The van der Waals surface area contributed by atoms with E-state index in [1.54, 1.807) is 0 Å². The molecule has 8 heteroatoms. The lowest BCUT2D eigenvalue weighted by Crippen LogP contribution is -2.25. The van der Waals surface area contributed by atoms with Gasteiger partial charge in [0.2, 0.25) is 5.95 Å². The average Bonchev–Trinajstić information content (AvgIpc) is 4.06. The topological polar surface area (TPSA) is 69.9 Å². The van der Waals surface area contributed by atoms with Crippen LogP contribution in [-0.4, -0.2) is 40.6 Å². The van der Waals surface area contributed by atoms with Crippen molar-refractivity contribution in [1.82, 2.24) is 28.2 Å². The molecule has 62 heavy (non-hydrogen) atoms. The van der Waals surface area contributed by atoms with E-state index in [4.69, 9.17) is 15.0 Å². The molecule has 14 rings (SSSR count). The predicted octanol–water partition coefficient (Wildman–Crippen LogP) is 12.9. The van der Waals surface area contributed by atoms with Crippen LogP contribution < -0.4 is 5.32 Å².